The fraction of sp³-hybridized carbons (Fsp3) is 0.125. The fourth-order valence-corrected chi connectivity index (χ4v) is 4.67. The predicted octanol–water partition coefficient (Wildman–Crippen LogP) is 4.28. The average Bonchev–Trinajstić information content (AvgIpc) is 3.07. The number of nitrogens with two attached hydrogens (primary N) is 1. The molecule has 0 bridgehead atoms. The molecule has 0 spiro atoms. The molecule has 0 aliphatic heterocycles. The van der Waals surface area contributed by atoms with Gasteiger partial charge in [0.05, 0.1) is 12.7 Å². The second-order valence-corrected chi connectivity index (χ2v) is 8.41. The van der Waals surface area contributed by atoms with Gasteiger partial charge in [-0.3, -0.25) is 14.9 Å². The van der Waals surface area contributed by atoms with Crippen LogP contribution in [0.25, 0.3) is 6.08 Å². The molecular formula is C24H23N3O3S2. The van der Waals surface area contributed by atoms with Crippen LogP contribution in [0.2, 0.25) is 0 Å². The second-order valence-electron chi connectivity index (χ2n) is 6.90. The Kier molecular flexibility index (Phi) is 7.75. The number of hydrogen-bond donors (Lipinski definition) is 3. The molecule has 0 unspecified atom stereocenters. The lowest BCUT2D eigenvalue weighted by Crippen LogP contribution is -2.33. The van der Waals surface area contributed by atoms with Gasteiger partial charge in [0.25, 0.3) is 5.91 Å². The van der Waals surface area contributed by atoms with Gasteiger partial charge in [0.1, 0.15) is 10.8 Å². The molecule has 3 aromatic rings. The van der Waals surface area contributed by atoms with E-state index in [0.717, 1.165) is 21.6 Å². The number of carbonyl (C=O) groups is 2. The number of para-hydroxylation sites is 1. The maximum Gasteiger partial charge on any atom is 0.251 e. The number of primary amides is 1. The minimum atomic E-state index is -0.550. The highest BCUT2D eigenvalue weighted by molar-refractivity contribution is 7.80. The number of carbonyl (C=O) groups excluding carboxylic acids is 2. The van der Waals surface area contributed by atoms with Gasteiger partial charge in [-0.25, -0.2) is 0 Å². The van der Waals surface area contributed by atoms with E-state index < -0.39 is 11.8 Å². The van der Waals surface area contributed by atoms with Crippen LogP contribution >= 0.6 is 23.6 Å². The summed E-state index contributed by atoms with van der Waals surface area (Å²) in [6, 6.07) is 17.3. The summed E-state index contributed by atoms with van der Waals surface area (Å²) in [5.41, 5.74) is 8.68. The Morgan fingerprint density at radius 2 is 1.81 bits per heavy atom. The maximum absolute atomic E-state index is 12.3. The third-order valence-corrected chi connectivity index (χ3v) is 6.13. The Hall–Kier alpha value is -3.49. The number of nitrogens with one attached hydrogen (secondary N) is 2. The molecular weight excluding hydrogens is 442 g/mol. The summed E-state index contributed by atoms with van der Waals surface area (Å²) in [6.07, 6.45) is 3.67. The molecule has 0 saturated carbocycles. The average molecular weight is 466 g/mol. The minimum Gasteiger partial charge on any atom is -0.496 e. The normalized spacial score (nSPS) is 10.7. The van der Waals surface area contributed by atoms with Crippen molar-refractivity contribution in [2.24, 2.45) is 5.73 Å². The van der Waals surface area contributed by atoms with Crippen LogP contribution in [0.1, 0.15) is 31.9 Å². The quantitative estimate of drug-likeness (QED) is 0.358. The first-order chi connectivity index (χ1) is 15.4. The van der Waals surface area contributed by atoms with Crippen LogP contribution in [0, 0.1) is 6.92 Å². The summed E-state index contributed by atoms with van der Waals surface area (Å²) >= 11 is 6.67. The number of amides is 2. The Labute approximate surface area is 196 Å². The number of benzene rings is 2. The van der Waals surface area contributed by atoms with Gasteiger partial charge in [-0.05, 0) is 42.4 Å². The zero-order valence-electron chi connectivity index (χ0n) is 17.7. The molecule has 2 aromatic carbocycles. The van der Waals surface area contributed by atoms with E-state index in [-0.39, 0.29) is 5.11 Å². The van der Waals surface area contributed by atoms with E-state index in [1.54, 1.807) is 19.3 Å². The zero-order valence-corrected chi connectivity index (χ0v) is 19.3. The number of ether oxygens (including phenoxy) is 1. The van der Waals surface area contributed by atoms with E-state index >= 15 is 0 Å². The van der Waals surface area contributed by atoms with Gasteiger partial charge in [0, 0.05) is 22.9 Å². The number of methoxy groups -OCH3 is 1. The van der Waals surface area contributed by atoms with Crippen molar-refractivity contribution in [3.8, 4) is 5.75 Å². The molecule has 2 amide bonds. The van der Waals surface area contributed by atoms with Crippen molar-refractivity contribution in [1.82, 2.24) is 5.32 Å². The van der Waals surface area contributed by atoms with Gasteiger partial charge in [0.15, 0.2) is 5.11 Å². The van der Waals surface area contributed by atoms with Crippen molar-refractivity contribution in [3.05, 3.63) is 87.8 Å². The van der Waals surface area contributed by atoms with Crippen molar-refractivity contribution in [3.63, 3.8) is 0 Å². The first-order valence-corrected chi connectivity index (χ1v) is 11.0. The van der Waals surface area contributed by atoms with E-state index in [9.17, 15) is 9.59 Å². The van der Waals surface area contributed by atoms with Gasteiger partial charge in [-0.15, -0.1) is 11.3 Å². The van der Waals surface area contributed by atoms with Gasteiger partial charge >= 0.3 is 0 Å². The number of hydrogen-bond acceptors (Lipinski definition) is 5. The van der Waals surface area contributed by atoms with Crippen LogP contribution in [-0.4, -0.2) is 24.0 Å². The summed E-state index contributed by atoms with van der Waals surface area (Å²) in [6.45, 7) is 1.86. The largest absolute Gasteiger partial charge is 0.496 e. The van der Waals surface area contributed by atoms with E-state index in [1.807, 2.05) is 55.5 Å². The standard InChI is InChI=1S/C24H23N3O3S2/c1-15-19(14-16-8-4-3-5-9-16)32-23(21(15)22(25)29)27-24(31)26-20(28)13-12-17-10-6-7-11-18(17)30-2/h3-13H,14H2,1-2H3,(H2,25,29)(H2,26,27,28,31)/b13-12+. The minimum absolute atomic E-state index is 0.0784. The molecule has 0 saturated heterocycles. The molecule has 0 atom stereocenters. The second kappa shape index (κ2) is 10.7. The number of rotatable bonds is 7. The summed E-state index contributed by atoms with van der Waals surface area (Å²) in [7, 11) is 1.57. The molecule has 0 fully saturated rings. The third kappa shape index (κ3) is 5.81. The van der Waals surface area contributed by atoms with E-state index in [1.165, 1.54) is 17.4 Å². The van der Waals surface area contributed by atoms with Gasteiger partial charge in [0.2, 0.25) is 5.91 Å². The fourth-order valence-electron chi connectivity index (χ4n) is 3.15. The lowest BCUT2D eigenvalue weighted by molar-refractivity contribution is -0.115. The SMILES string of the molecule is COc1ccccc1/C=C/C(=O)NC(=S)Nc1sc(Cc2ccccc2)c(C)c1C(N)=O. The number of anilines is 1. The molecule has 1 aromatic heterocycles. The first-order valence-electron chi connectivity index (χ1n) is 9.78. The van der Waals surface area contributed by atoms with E-state index in [2.05, 4.69) is 10.6 Å². The Morgan fingerprint density at radius 1 is 1.12 bits per heavy atom. The molecule has 8 heteroatoms. The lowest BCUT2D eigenvalue weighted by Gasteiger charge is -2.08. The molecule has 4 N–H and O–H groups in total. The van der Waals surface area contributed by atoms with E-state index in [0.29, 0.717) is 22.7 Å². The van der Waals surface area contributed by atoms with Crippen LogP contribution < -0.4 is 21.1 Å². The Balaban J connectivity index is 1.71. The van der Waals surface area contributed by atoms with Gasteiger partial charge in [-0.2, -0.15) is 0 Å². The van der Waals surface area contributed by atoms with Crippen LogP contribution in [0.3, 0.4) is 0 Å². The molecule has 0 radical (unpaired) electrons. The van der Waals surface area contributed by atoms with Crippen LogP contribution in [0.5, 0.6) is 5.75 Å². The summed E-state index contributed by atoms with van der Waals surface area (Å²) < 4.78 is 5.27. The Morgan fingerprint density at radius 3 is 2.50 bits per heavy atom. The van der Waals surface area contributed by atoms with Crippen molar-refractivity contribution in [1.29, 1.82) is 0 Å². The zero-order chi connectivity index (χ0) is 23.1. The maximum atomic E-state index is 12.3. The molecule has 164 valence electrons. The monoisotopic (exact) mass is 465 g/mol. The van der Waals surface area contributed by atoms with Crippen molar-refractivity contribution in [2.45, 2.75) is 13.3 Å². The van der Waals surface area contributed by atoms with Crippen molar-refractivity contribution in [2.75, 3.05) is 12.4 Å². The number of thiophene rings is 1. The van der Waals surface area contributed by atoms with Crippen LogP contribution in [0.15, 0.2) is 60.7 Å². The first kappa shape index (κ1) is 23.2. The molecule has 3 rings (SSSR count). The Bertz CT molecular complexity index is 1170. The number of thiocarbonyl (C=S) groups is 1. The molecule has 0 aliphatic carbocycles. The molecule has 6 nitrogen and oxygen atoms in total. The highest BCUT2D eigenvalue weighted by atomic mass is 32.1. The predicted molar refractivity (Wildman–Crippen MR) is 133 cm³/mol. The summed E-state index contributed by atoms with van der Waals surface area (Å²) in [5.74, 6) is -0.305. The highest BCUT2D eigenvalue weighted by Gasteiger charge is 2.20. The highest BCUT2D eigenvalue weighted by Crippen LogP contribution is 2.34. The topological polar surface area (TPSA) is 93.4 Å². The van der Waals surface area contributed by atoms with Crippen LogP contribution in [0.4, 0.5) is 5.00 Å². The van der Waals surface area contributed by atoms with Gasteiger partial charge in [-0.1, -0.05) is 48.5 Å². The molecule has 32 heavy (non-hydrogen) atoms. The van der Waals surface area contributed by atoms with Gasteiger partial charge < -0.3 is 15.8 Å². The summed E-state index contributed by atoms with van der Waals surface area (Å²) in [5, 5.41) is 6.13. The van der Waals surface area contributed by atoms with Crippen molar-refractivity contribution < 1.29 is 14.3 Å². The lowest BCUT2D eigenvalue weighted by atomic mass is 10.1. The van der Waals surface area contributed by atoms with Crippen molar-refractivity contribution >= 4 is 51.6 Å². The smallest absolute Gasteiger partial charge is 0.251 e. The molecule has 1 heterocycles. The summed E-state index contributed by atoms with van der Waals surface area (Å²) in [4.78, 5) is 25.4. The van der Waals surface area contributed by atoms with Crippen LogP contribution in [-0.2, 0) is 11.2 Å². The molecule has 0 aliphatic rings. The van der Waals surface area contributed by atoms with E-state index in [4.69, 9.17) is 22.7 Å². The third-order valence-electron chi connectivity index (χ3n) is 4.72.